The van der Waals surface area contributed by atoms with Crippen LogP contribution < -0.4 is 10.6 Å². The van der Waals surface area contributed by atoms with Crippen LogP contribution in [-0.2, 0) is 4.79 Å². The molecule has 0 unspecified atom stereocenters. The predicted octanol–water partition coefficient (Wildman–Crippen LogP) is 3.16. The minimum absolute atomic E-state index is 0.00854. The average Bonchev–Trinajstić information content (AvgIpc) is 2.70. The quantitative estimate of drug-likeness (QED) is 0.689. The van der Waals surface area contributed by atoms with Gasteiger partial charge in [-0.3, -0.25) is 14.6 Å². The van der Waals surface area contributed by atoms with E-state index in [4.69, 9.17) is 0 Å². The van der Waals surface area contributed by atoms with Gasteiger partial charge in [-0.15, -0.1) is 0 Å². The molecule has 3 N–H and O–H groups in total. The number of nitrogens with one attached hydrogen (secondary N) is 2. The number of hydrogen-bond donors (Lipinski definition) is 3. The standard InChI is InChI=1S/C24H37N3O3/c1-14(2)26-22(29)15(3)17-9-11-24(5)12-10-18(16(4)20(24)21(17)28)27-23(30)19-8-6-7-13-25-19/h6-8,13-18,20-21,28H,9-12H2,1-5H3,(H,26,29)(H,27,30)/t15-,16+,17+,18-,20+,21-,24-/m0/s1. The van der Waals surface area contributed by atoms with Crippen molar-refractivity contribution in [2.24, 2.45) is 29.1 Å². The Morgan fingerprint density at radius 3 is 2.53 bits per heavy atom. The third-order valence-corrected chi connectivity index (χ3v) is 7.59. The highest BCUT2D eigenvalue weighted by Gasteiger charge is 2.53. The second-order valence-corrected chi connectivity index (χ2v) is 10.0. The van der Waals surface area contributed by atoms with Crippen LogP contribution in [0.4, 0.5) is 0 Å². The van der Waals surface area contributed by atoms with Crippen LogP contribution in [0.3, 0.4) is 0 Å². The van der Waals surface area contributed by atoms with Crippen molar-refractivity contribution < 1.29 is 14.7 Å². The number of pyridine rings is 1. The van der Waals surface area contributed by atoms with Crippen molar-refractivity contribution in [3.8, 4) is 0 Å². The number of carbonyl (C=O) groups excluding carboxylic acids is 2. The monoisotopic (exact) mass is 415 g/mol. The van der Waals surface area contributed by atoms with E-state index >= 15 is 0 Å². The van der Waals surface area contributed by atoms with Crippen LogP contribution in [0, 0.1) is 29.1 Å². The molecule has 2 fully saturated rings. The van der Waals surface area contributed by atoms with Gasteiger partial charge in [0.25, 0.3) is 5.91 Å². The Balaban J connectivity index is 1.74. The van der Waals surface area contributed by atoms with Gasteiger partial charge in [0.2, 0.25) is 5.91 Å². The van der Waals surface area contributed by atoms with Gasteiger partial charge in [-0.05, 0) is 74.8 Å². The van der Waals surface area contributed by atoms with Crippen LogP contribution in [0.5, 0.6) is 0 Å². The molecule has 2 saturated carbocycles. The van der Waals surface area contributed by atoms with Gasteiger partial charge in [-0.2, -0.15) is 0 Å². The third-order valence-electron chi connectivity index (χ3n) is 7.59. The molecular weight excluding hydrogens is 378 g/mol. The number of aliphatic hydroxyl groups excluding tert-OH is 1. The zero-order valence-electron chi connectivity index (χ0n) is 18.9. The molecule has 0 spiro atoms. The summed E-state index contributed by atoms with van der Waals surface area (Å²) in [7, 11) is 0. The Morgan fingerprint density at radius 2 is 1.90 bits per heavy atom. The molecule has 1 aromatic heterocycles. The van der Waals surface area contributed by atoms with Crippen LogP contribution in [0.1, 0.15) is 70.8 Å². The Kier molecular flexibility index (Phi) is 6.85. The number of aliphatic hydroxyl groups is 1. The Bertz CT molecular complexity index is 753. The van der Waals surface area contributed by atoms with Gasteiger partial charge in [0, 0.05) is 24.2 Å². The van der Waals surface area contributed by atoms with Gasteiger partial charge in [0.05, 0.1) is 6.10 Å². The van der Waals surface area contributed by atoms with Crippen LogP contribution in [0.25, 0.3) is 0 Å². The minimum atomic E-state index is -0.554. The van der Waals surface area contributed by atoms with Crippen molar-refractivity contribution in [1.82, 2.24) is 15.6 Å². The molecule has 1 heterocycles. The Morgan fingerprint density at radius 1 is 1.20 bits per heavy atom. The highest BCUT2D eigenvalue weighted by Crippen LogP contribution is 2.55. The SMILES string of the molecule is CC(C)NC(=O)[C@@H](C)[C@H]1CC[C@@]2(C)CC[C@H](NC(=O)c3ccccn3)[C@@H](C)[C@@H]2[C@H]1O. The van der Waals surface area contributed by atoms with Crippen LogP contribution >= 0.6 is 0 Å². The molecular formula is C24H37N3O3. The van der Waals surface area contributed by atoms with Crippen LogP contribution in [0.2, 0.25) is 0 Å². The lowest BCUT2D eigenvalue weighted by Gasteiger charge is -2.56. The summed E-state index contributed by atoms with van der Waals surface area (Å²) in [5.74, 6) is -0.274. The van der Waals surface area contributed by atoms with Gasteiger partial charge in [0.1, 0.15) is 5.69 Å². The van der Waals surface area contributed by atoms with E-state index in [0.717, 1.165) is 25.7 Å². The molecule has 2 aliphatic carbocycles. The molecule has 30 heavy (non-hydrogen) atoms. The van der Waals surface area contributed by atoms with Gasteiger partial charge in [-0.25, -0.2) is 0 Å². The number of amides is 2. The zero-order valence-corrected chi connectivity index (χ0v) is 18.9. The Hall–Kier alpha value is -1.95. The largest absolute Gasteiger partial charge is 0.392 e. The van der Waals surface area contributed by atoms with Crippen LogP contribution in [-0.4, -0.2) is 40.1 Å². The fourth-order valence-corrected chi connectivity index (χ4v) is 5.85. The maximum atomic E-state index is 12.7. The molecule has 2 aliphatic rings. The molecule has 0 aliphatic heterocycles. The molecule has 0 saturated heterocycles. The second kappa shape index (κ2) is 9.04. The van der Waals surface area contributed by atoms with E-state index in [9.17, 15) is 14.7 Å². The van der Waals surface area contributed by atoms with Gasteiger partial charge >= 0.3 is 0 Å². The summed E-state index contributed by atoms with van der Waals surface area (Å²) >= 11 is 0. The number of carbonyl (C=O) groups is 2. The normalized spacial score (nSPS) is 34.7. The van der Waals surface area contributed by atoms with Crippen molar-refractivity contribution in [1.29, 1.82) is 0 Å². The van der Waals surface area contributed by atoms with Gasteiger partial charge in [-0.1, -0.05) is 26.8 Å². The molecule has 0 bridgehead atoms. The van der Waals surface area contributed by atoms with E-state index in [0.29, 0.717) is 5.69 Å². The molecule has 6 nitrogen and oxygen atoms in total. The first-order valence-electron chi connectivity index (χ1n) is 11.3. The van der Waals surface area contributed by atoms with Gasteiger partial charge in [0.15, 0.2) is 0 Å². The van der Waals surface area contributed by atoms with Crippen LogP contribution in [0.15, 0.2) is 24.4 Å². The maximum absolute atomic E-state index is 12.7. The van der Waals surface area contributed by atoms with E-state index in [-0.39, 0.29) is 53.0 Å². The summed E-state index contributed by atoms with van der Waals surface area (Å²) in [6.07, 6.45) is 4.79. The van der Waals surface area contributed by atoms with Crippen molar-refractivity contribution in [2.75, 3.05) is 0 Å². The summed E-state index contributed by atoms with van der Waals surface area (Å²) in [6, 6.07) is 5.40. The smallest absolute Gasteiger partial charge is 0.270 e. The van der Waals surface area contributed by atoms with Crippen molar-refractivity contribution in [3.05, 3.63) is 30.1 Å². The first-order chi connectivity index (χ1) is 14.1. The topological polar surface area (TPSA) is 91.3 Å². The van der Waals surface area contributed by atoms with Crippen molar-refractivity contribution in [3.63, 3.8) is 0 Å². The van der Waals surface area contributed by atoms with E-state index in [1.165, 1.54) is 0 Å². The fourth-order valence-electron chi connectivity index (χ4n) is 5.85. The van der Waals surface area contributed by atoms with E-state index < -0.39 is 6.10 Å². The lowest BCUT2D eigenvalue weighted by atomic mass is 9.51. The lowest BCUT2D eigenvalue weighted by molar-refractivity contribution is -0.142. The zero-order chi connectivity index (χ0) is 22.1. The average molecular weight is 416 g/mol. The van der Waals surface area contributed by atoms with Gasteiger partial charge < -0.3 is 15.7 Å². The first-order valence-corrected chi connectivity index (χ1v) is 11.3. The first kappa shape index (κ1) is 22.7. The van der Waals surface area contributed by atoms with E-state index in [2.05, 4.69) is 29.5 Å². The molecule has 166 valence electrons. The van der Waals surface area contributed by atoms with Crippen molar-refractivity contribution in [2.45, 2.75) is 78.5 Å². The summed E-state index contributed by atoms with van der Waals surface area (Å²) in [4.78, 5) is 29.4. The maximum Gasteiger partial charge on any atom is 0.270 e. The molecule has 0 radical (unpaired) electrons. The molecule has 1 aromatic rings. The Labute approximate surface area is 180 Å². The van der Waals surface area contributed by atoms with E-state index in [1.807, 2.05) is 26.8 Å². The predicted molar refractivity (Wildman–Crippen MR) is 117 cm³/mol. The molecule has 0 aromatic carbocycles. The third kappa shape index (κ3) is 4.53. The second-order valence-electron chi connectivity index (χ2n) is 10.0. The van der Waals surface area contributed by atoms with E-state index in [1.54, 1.807) is 18.3 Å². The number of hydrogen-bond acceptors (Lipinski definition) is 4. The molecule has 3 rings (SSSR count). The number of fused-ring (bicyclic) bond motifs is 1. The number of rotatable bonds is 5. The molecule has 7 atom stereocenters. The summed E-state index contributed by atoms with van der Waals surface area (Å²) in [5, 5.41) is 17.6. The lowest BCUT2D eigenvalue weighted by Crippen LogP contribution is -2.58. The number of nitrogens with zero attached hydrogens (tertiary/aromatic N) is 1. The highest BCUT2D eigenvalue weighted by molar-refractivity contribution is 5.92. The molecule has 6 heteroatoms. The summed E-state index contributed by atoms with van der Waals surface area (Å²) in [5.41, 5.74) is 0.453. The minimum Gasteiger partial charge on any atom is -0.392 e. The summed E-state index contributed by atoms with van der Waals surface area (Å²) < 4.78 is 0. The number of aromatic nitrogens is 1. The fraction of sp³-hybridized carbons (Fsp3) is 0.708. The van der Waals surface area contributed by atoms with Crippen molar-refractivity contribution >= 4 is 11.8 Å². The highest BCUT2D eigenvalue weighted by atomic mass is 16.3. The molecule has 2 amide bonds. The summed E-state index contributed by atoms with van der Waals surface area (Å²) in [6.45, 7) is 10.2.